The van der Waals surface area contributed by atoms with Crippen molar-refractivity contribution >= 4 is 11.9 Å². The Hall–Kier alpha value is -1.84. The van der Waals surface area contributed by atoms with Crippen LogP contribution >= 0.6 is 0 Å². The summed E-state index contributed by atoms with van der Waals surface area (Å²) in [4.78, 5) is 24.1. The number of rotatable bonds is 6. The van der Waals surface area contributed by atoms with E-state index in [0.717, 1.165) is 0 Å². The third kappa shape index (κ3) is 3.73. The molecule has 0 unspecified atom stereocenters. The summed E-state index contributed by atoms with van der Waals surface area (Å²) in [6, 6.07) is 0. The SMILES string of the molecule is C=CCN(CC=C)C(=O)C(C)=C(C)C(=O)O. The maximum atomic E-state index is 11.9. The Balaban J connectivity index is 4.99. The van der Waals surface area contributed by atoms with Crippen LogP contribution in [0.1, 0.15) is 13.8 Å². The van der Waals surface area contributed by atoms with Gasteiger partial charge in [0.2, 0.25) is 0 Å². The number of carboxylic acid groups (broad SMARTS) is 1. The zero-order valence-corrected chi connectivity index (χ0v) is 9.69. The number of hydrogen-bond acceptors (Lipinski definition) is 2. The molecule has 16 heavy (non-hydrogen) atoms. The fraction of sp³-hybridized carbons (Fsp3) is 0.333. The molecule has 0 fully saturated rings. The number of carboxylic acids is 1. The van der Waals surface area contributed by atoms with E-state index in [-0.39, 0.29) is 17.1 Å². The van der Waals surface area contributed by atoms with E-state index in [1.165, 1.54) is 18.7 Å². The number of carbonyl (C=O) groups is 2. The molecule has 0 aromatic rings. The molecule has 4 heteroatoms. The van der Waals surface area contributed by atoms with Gasteiger partial charge in [0.05, 0.1) is 0 Å². The first-order valence-electron chi connectivity index (χ1n) is 4.87. The average Bonchev–Trinajstić information content (AvgIpc) is 2.25. The highest BCUT2D eigenvalue weighted by molar-refractivity contribution is 6.01. The molecule has 0 aliphatic rings. The van der Waals surface area contributed by atoms with E-state index >= 15 is 0 Å². The highest BCUT2D eigenvalue weighted by atomic mass is 16.4. The first-order chi connectivity index (χ1) is 7.45. The summed E-state index contributed by atoms with van der Waals surface area (Å²) in [5, 5.41) is 8.77. The maximum absolute atomic E-state index is 11.9. The number of carbonyl (C=O) groups excluding carboxylic acids is 1. The minimum absolute atomic E-state index is 0.0584. The Morgan fingerprint density at radius 2 is 1.56 bits per heavy atom. The fourth-order valence-corrected chi connectivity index (χ4v) is 1.11. The molecular weight excluding hydrogens is 206 g/mol. The van der Waals surface area contributed by atoms with Crippen LogP contribution in [0.4, 0.5) is 0 Å². The molecule has 0 bridgehead atoms. The average molecular weight is 223 g/mol. The van der Waals surface area contributed by atoms with Crippen LogP contribution in [0.3, 0.4) is 0 Å². The number of aliphatic carboxylic acids is 1. The van der Waals surface area contributed by atoms with Gasteiger partial charge in [-0.3, -0.25) is 4.79 Å². The van der Waals surface area contributed by atoms with Crippen molar-refractivity contribution in [3.05, 3.63) is 36.5 Å². The molecule has 88 valence electrons. The van der Waals surface area contributed by atoms with Gasteiger partial charge in [-0.05, 0) is 13.8 Å². The summed E-state index contributed by atoms with van der Waals surface area (Å²) >= 11 is 0. The lowest BCUT2D eigenvalue weighted by Crippen LogP contribution is -2.32. The molecule has 0 spiro atoms. The van der Waals surface area contributed by atoms with Gasteiger partial charge in [0, 0.05) is 24.2 Å². The second-order valence-electron chi connectivity index (χ2n) is 3.34. The van der Waals surface area contributed by atoms with Crippen molar-refractivity contribution in [1.82, 2.24) is 4.90 Å². The van der Waals surface area contributed by atoms with Crippen LogP contribution in [0.5, 0.6) is 0 Å². The first kappa shape index (κ1) is 14.2. The molecule has 0 aromatic carbocycles. The van der Waals surface area contributed by atoms with Gasteiger partial charge in [-0.15, -0.1) is 13.2 Å². The lowest BCUT2D eigenvalue weighted by molar-refractivity contribution is -0.133. The molecular formula is C12H17NO3. The van der Waals surface area contributed by atoms with Gasteiger partial charge in [0.15, 0.2) is 0 Å². The normalized spacial score (nSPS) is 11.4. The second kappa shape index (κ2) is 6.61. The second-order valence-corrected chi connectivity index (χ2v) is 3.34. The first-order valence-corrected chi connectivity index (χ1v) is 4.87. The van der Waals surface area contributed by atoms with Crippen molar-refractivity contribution in [2.45, 2.75) is 13.8 Å². The van der Waals surface area contributed by atoms with Gasteiger partial charge in [0.1, 0.15) is 0 Å². The van der Waals surface area contributed by atoms with E-state index < -0.39 is 5.97 Å². The van der Waals surface area contributed by atoms with Crippen LogP contribution in [0, 0.1) is 0 Å². The minimum Gasteiger partial charge on any atom is -0.478 e. The minimum atomic E-state index is -1.08. The van der Waals surface area contributed by atoms with Gasteiger partial charge in [-0.2, -0.15) is 0 Å². The van der Waals surface area contributed by atoms with Crippen molar-refractivity contribution in [2.24, 2.45) is 0 Å². The summed E-state index contributed by atoms with van der Waals surface area (Å²) in [6.07, 6.45) is 3.18. The number of nitrogens with zero attached hydrogens (tertiary/aromatic N) is 1. The lowest BCUT2D eigenvalue weighted by Gasteiger charge is -2.20. The monoisotopic (exact) mass is 223 g/mol. The van der Waals surface area contributed by atoms with Crippen molar-refractivity contribution in [3.8, 4) is 0 Å². The van der Waals surface area contributed by atoms with Crippen molar-refractivity contribution in [2.75, 3.05) is 13.1 Å². The molecule has 0 rings (SSSR count). The highest BCUT2D eigenvalue weighted by Crippen LogP contribution is 2.08. The van der Waals surface area contributed by atoms with Crippen LogP contribution in [-0.2, 0) is 9.59 Å². The molecule has 0 atom stereocenters. The summed E-state index contributed by atoms with van der Waals surface area (Å²) in [6.45, 7) is 10.7. The molecule has 1 N–H and O–H groups in total. The van der Waals surface area contributed by atoms with E-state index in [0.29, 0.717) is 13.1 Å². The molecule has 0 aliphatic heterocycles. The van der Waals surface area contributed by atoms with Crippen LogP contribution in [0.2, 0.25) is 0 Å². The van der Waals surface area contributed by atoms with E-state index in [2.05, 4.69) is 13.2 Å². The molecule has 0 aliphatic carbocycles. The summed E-state index contributed by atoms with van der Waals surface area (Å²) < 4.78 is 0. The van der Waals surface area contributed by atoms with E-state index in [1.54, 1.807) is 12.2 Å². The molecule has 1 amide bonds. The molecule has 0 aromatic heterocycles. The Bertz CT molecular complexity index is 332. The predicted octanol–water partition coefficient (Wildman–Crippen LogP) is 1.61. The Morgan fingerprint density at radius 3 is 1.88 bits per heavy atom. The van der Waals surface area contributed by atoms with Gasteiger partial charge in [-0.25, -0.2) is 4.79 Å². The van der Waals surface area contributed by atoms with Gasteiger partial charge >= 0.3 is 5.97 Å². The van der Waals surface area contributed by atoms with E-state index in [9.17, 15) is 9.59 Å². The Labute approximate surface area is 95.6 Å². The number of hydrogen-bond donors (Lipinski definition) is 1. The topological polar surface area (TPSA) is 57.6 Å². The summed E-state index contributed by atoms with van der Waals surface area (Å²) in [7, 11) is 0. The maximum Gasteiger partial charge on any atom is 0.331 e. The van der Waals surface area contributed by atoms with Crippen molar-refractivity contribution in [1.29, 1.82) is 0 Å². The molecule has 0 heterocycles. The van der Waals surface area contributed by atoms with E-state index in [4.69, 9.17) is 5.11 Å². The zero-order valence-electron chi connectivity index (χ0n) is 9.69. The zero-order chi connectivity index (χ0) is 12.7. The Kier molecular flexibility index (Phi) is 5.85. The Morgan fingerprint density at radius 1 is 1.12 bits per heavy atom. The highest BCUT2D eigenvalue weighted by Gasteiger charge is 2.17. The largest absolute Gasteiger partial charge is 0.478 e. The predicted molar refractivity (Wildman–Crippen MR) is 63.0 cm³/mol. The van der Waals surface area contributed by atoms with Gasteiger partial charge in [0.25, 0.3) is 5.91 Å². The van der Waals surface area contributed by atoms with Crippen LogP contribution in [0.25, 0.3) is 0 Å². The third-order valence-electron chi connectivity index (χ3n) is 2.19. The number of amides is 1. The third-order valence-corrected chi connectivity index (χ3v) is 2.19. The van der Waals surface area contributed by atoms with Crippen molar-refractivity contribution < 1.29 is 14.7 Å². The van der Waals surface area contributed by atoms with Crippen LogP contribution in [0.15, 0.2) is 36.5 Å². The quantitative estimate of drug-likeness (QED) is 0.549. The van der Waals surface area contributed by atoms with Crippen LogP contribution < -0.4 is 0 Å². The summed E-state index contributed by atoms with van der Waals surface area (Å²) in [5.74, 6) is -1.39. The summed E-state index contributed by atoms with van der Waals surface area (Å²) in [5.41, 5.74) is 0.291. The molecule has 0 saturated heterocycles. The fourth-order valence-electron chi connectivity index (χ4n) is 1.11. The standard InChI is InChI=1S/C12H17NO3/c1-5-7-13(8-6-2)11(14)9(3)10(4)12(15)16/h5-6H,1-2,7-8H2,3-4H3,(H,15,16). The molecule has 4 nitrogen and oxygen atoms in total. The molecule has 0 radical (unpaired) electrons. The van der Waals surface area contributed by atoms with Crippen LogP contribution in [-0.4, -0.2) is 35.0 Å². The van der Waals surface area contributed by atoms with Crippen molar-refractivity contribution in [3.63, 3.8) is 0 Å². The lowest BCUT2D eigenvalue weighted by atomic mass is 10.1. The molecule has 0 saturated carbocycles. The van der Waals surface area contributed by atoms with Gasteiger partial charge < -0.3 is 10.0 Å². The smallest absolute Gasteiger partial charge is 0.331 e. The van der Waals surface area contributed by atoms with E-state index in [1.807, 2.05) is 0 Å². The van der Waals surface area contributed by atoms with Gasteiger partial charge in [-0.1, -0.05) is 12.2 Å².